The van der Waals surface area contributed by atoms with E-state index < -0.39 is 0 Å². The number of hydrogen-bond donors (Lipinski definition) is 0. The van der Waals surface area contributed by atoms with E-state index in [1.54, 1.807) is 17.0 Å². The van der Waals surface area contributed by atoms with Gasteiger partial charge in [0.25, 0.3) is 0 Å². The highest BCUT2D eigenvalue weighted by atomic mass is 35.5. The lowest BCUT2D eigenvalue weighted by Crippen LogP contribution is -2.23. The van der Waals surface area contributed by atoms with Crippen LogP contribution in [0.25, 0.3) is 0 Å². The molecule has 0 atom stereocenters. The van der Waals surface area contributed by atoms with Crippen molar-refractivity contribution in [3.8, 4) is 11.5 Å². The Hall–Kier alpha value is -2.01. The maximum Gasteiger partial charge on any atom is 0.347 e. The number of rotatable bonds is 3. The van der Waals surface area contributed by atoms with Gasteiger partial charge in [0.15, 0.2) is 11.5 Å². The van der Waals surface area contributed by atoms with Gasteiger partial charge in [0.05, 0.1) is 18.2 Å². The molecule has 1 aliphatic rings. The number of ether oxygens (including phenoxy) is 2. The minimum Gasteiger partial charge on any atom is -0.489 e. The Kier molecular flexibility index (Phi) is 4.34. The zero-order chi connectivity index (χ0) is 15.5. The Morgan fingerprint density at radius 1 is 1.32 bits per heavy atom. The van der Waals surface area contributed by atoms with Crippen LogP contribution in [0.2, 0.25) is 5.02 Å². The fourth-order valence-corrected chi connectivity index (χ4v) is 2.69. The fourth-order valence-electron chi connectivity index (χ4n) is 2.40. The van der Waals surface area contributed by atoms with Gasteiger partial charge in [0.1, 0.15) is 0 Å². The van der Waals surface area contributed by atoms with Crippen molar-refractivity contribution in [1.29, 1.82) is 0 Å². The molecule has 0 fully saturated rings. The van der Waals surface area contributed by atoms with Gasteiger partial charge >= 0.3 is 5.69 Å². The number of nitrogens with zero attached hydrogens (tertiary/aromatic N) is 2. The highest BCUT2D eigenvalue weighted by molar-refractivity contribution is 6.32. The first-order valence-electron chi connectivity index (χ1n) is 7.24. The van der Waals surface area contributed by atoms with Crippen LogP contribution in [0.5, 0.6) is 11.5 Å². The molecule has 0 radical (unpaired) electrons. The highest BCUT2D eigenvalue weighted by Crippen LogP contribution is 2.38. The van der Waals surface area contributed by atoms with Crippen molar-refractivity contribution in [1.82, 2.24) is 9.55 Å². The normalized spacial score (nSPS) is 13.7. The summed E-state index contributed by atoms with van der Waals surface area (Å²) in [6.45, 7) is 3.68. The first kappa shape index (κ1) is 14.9. The van der Waals surface area contributed by atoms with Crippen molar-refractivity contribution in [3.05, 3.63) is 51.2 Å². The van der Waals surface area contributed by atoms with Crippen molar-refractivity contribution in [2.75, 3.05) is 13.2 Å². The summed E-state index contributed by atoms with van der Waals surface area (Å²) < 4.78 is 12.9. The van der Waals surface area contributed by atoms with Crippen molar-refractivity contribution < 1.29 is 9.47 Å². The highest BCUT2D eigenvalue weighted by Gasteiger charge is 2.15. The van der Waals surface area contributed by atoms with E-state index in [0.29, 0.717) is 42.7 Å². The molecule has 5 nitrogen and oxygen atoms in total. The molecular formula is C16H17ClN2O3. The predicted molar refractivity (Wildman–Crippen MR) is 84.0 cm³/mol. The maximum atomic E-state index is 11.7. The average Bonchev–Trinajstić information content (AvgIpc) is 2.74. The van der Waals surface area contributed by atoms with Crippen LogP contribution in [0.15, 0.2) is 29.3 Å². The number of fused-ring (bicyclic) bond motifs is 1. The molecule has 0 bridgehead atoms. The third-order valence-corrected chi connectivity index (χ3v) is 3.77. The molecule has 2 heterocycles. The second-order valence-corrected chi connectivity index (χ2v) is 5.72. The Morgan fingerprint density at radius 3 is 3.00 bits per heavy atom. The molecule has 22 heavy (non-hydrogen) atoms. The maximum absolute atomic E-state index is 11.7. The number of benzene rings is 1. The summed E-state index contributed by atoms with van der Waals surface area (Å²) in [6, 6.07) is 3.80. The number of hydrogen-bond acceptors (Lipinski definition) is 4. The number of aryl methyl sites for hydroxylation is 3. The third-order valence-electron chi connectivity index (χ3n) is 3.49. The second-order valence-electron chi connectivity index (χ2n) is 5.31. The lowest BCUT2D eigenvalue weighted by atomic mass is 10.1. The monoisotopic (exact) mass is 320 g/mol. The van der Waals surface area contributed by atoms with Gasteiger partial charge in [0, 0.05) is 25.4 Å². The summed E-state index contributed by atoms with van der Waals surface area (Å²) in [5.41, 5.74) is 1.71. The Balaban J connectivity index is 1.81. The average molecular weight is 321 g/mol. The molecule has 1 aromatic carbocycles. The molecule has 6 heteroatoms. The fraction of sp³-hybridized carbons (Fsp3) is 0.375. The molecule has 1 aromatic heterocycles. The van der Waals surface area contributed by atoms with Crippen molar-refractivity contribution >= 4 is 11.6 Å². The summed E-state index contributed by atoms with van der Waals surface area (Å²) >= 11 is 6.27. The molecule has 0 aliphatic carbocycles. The van der Waals surface area contributed by atoms with Gasteiger partial charge in [-0.05, 0) is 36.6 Å². The van der Waals surface area contributed by atoms with E-state index in [1.807, 2.05) is 19.1 Å². The van der Waals surface area contributed by atoms with Crippen LogP contribution in [0.1, 0.15) is 17.5 Å². The van der Waals surface area contributed by atoms with Gasteiger partial charge < -0.3 is 9.47 Å². The van der Waals surface area contributed by atoms with Crippen LogP contribution in [0, 0.1) is 6.92 Å². The van der Waals surface area contributed by atoms with Gasteiger partial charge in [-0.3, -0.25) is 4.57 Å². The molecular weight excluding hydrogens is 304 g/mol. The molecule has 0 N–H and O–H groups in total. The van der Waals surface area contributed by atoms with Gasteiger partial charge in [-0.2, -0.15) is 0 Å². The number of halogens is 1. The van der Waals surface area contributed by atoms with Crippen LogP contribution in [-0.2, 0) is 13.0 Å². The standard InChI is InChI=1S/C16H17ClN2O3/c1-11-9-18-16(20)19(10-11)4-3-12-7-13(17)15-14(8-12)21-5-2-6-22-15/h7-10H,2-6H2,1H3. The second kappa shape index (κ2) is 6.40. The first-order valence-corrected chi connectivity index (χ1v) is 7.62. The Morgan fingerprint density at radius 2 is 2.14 bits per heavy atom. The summed E-state index contributed by atoms with van der Waals surface area (Å²) in [5.74, 6) is 1.28. The molecule has 116 valence electrons. The van der Waals surface area contributed by atoms with E-state index >= 15 is 0 Å². The largest absolute Gasteiger partial charge is 0.489 e. The van der Waals surface area contributed by atoms with E-state index in [4.69, 9.17) is 21.1 Å². The third kappa shape index (κ3) is 3.25. The van der Waals surface area contributed by atoms with Gasteiger partial charge in [-0.25, -0.2) is 9.78 Å². The van der Waals surface area contributed by atoms with Crippen LogP contribution in [0.4, 0.5) is 0 Å². The van der Waals surface area contributed by atoms with Gasteiger partial charge in [-0.15, -0.1) is 0 Å². The minimum atomic E-state index is -0.244. The van der Waals surface area contributed by atoms with E-state index in [-0.39, 0.29) is 5.69 Å². The Bertz CT molecular complexity index is 743. The molecule has 1 aliphatic heterocycles. The minimum absolute atomic E-state index is 0.244. The first-order chi connectivity index (χ1) is 10.6. The summed E-state index contributed by atoms with van der Waals surface area (Å²) in [6.07, 6.45) is 4.88. The summed E-state index contributed by atoms with van der Waals surface area (Å²) in [5, 5.41) is 0.545. The lowest BCUT2D eigenvalue weighted by molar-refractivity contribution is 0.297. The quantitative estimate of drug-likeness (QED) is 0.872. The van der Waals surface area contributed by atoms with Crippen LogP contribution < -0.4 is 15.2 Å². The SMILES string of the molecule is Cc1cnc(=O)n(CCc2cc(Cl)c3c(c2)OCCCO3)c1. The molecule has 0 spiro atoms. The molecule has 0 saturated carbocycles. The van der Waals surface area contributed by atoms with E-state index in [2.05, 4.69) is 4.98 Å². The van der Waals surface area contributed by atoms with E-state index in [1.165, 1.54) is 0 Å². The van der Waals surface area contributed by atoms with Crippen molar-refractivity contribution in [2.45, 2.75) is 26.3 Å². The van der Waals surface area contributed by atoms with Crippen molar-refractivity contribution in [3.63, 3.8) is 0 Å². The molecule has 0 amide bonds. The van der Waals surface area contributed by atoms with E-state index in [9.17, 15) is 4.79 Å². The lowest BCUT2D eigenvalue weighted by Gasteiger charge is -2.12. The summed E-state index contributed by atoms with van der Waals surface area (Å²) in [7, 11) is 0. The van der Waals surface area contributed by atoms with E-state index in [0.717, 1.165) is 17.5 Å². The predicted octanol–water partition coefficient (Wildman–Crippen LogP) is 2.61. The van der Waals surface area contributed by atoms with Gasteiger partial charge in [0.2, 0.25) is 0 Å². The van der Waals surface area contributed by atoms with Gasteiger partial charge in [-0.1, -0.05) is 11.6 Å². The van der Waals surface area contributed by atoms with Crippen LogP contribution in [0.3, 0.4) is 0 Å². The zero-order valence-electron chi connectivity index (χ0n) is 12.3. The topological polar surface area (TPSA) is 53.4 Å². The molecule has 0 unspecified atom stereocenters. The Labute approximate surface area is 133 Å². The molecule has 0 saturated heterocycles. The number of aromatic nitrogens is 2. The van der Waals surface area contributed by atoms with Crippen molar-refractivity contribution in [2.24, 2.45) is 0 Å². The smallest absolute Gasteiger partial charge is 0.347 e. The summed E-state index contributed by atoms with van der Waals surface area (Å²) in [4.78, 5) is 15.5. The van der Waals surface area contributed by atoms with Crippen LogP contribution >= 0.6 is 11.6 Å². The zero-order valence-corrected chi connectivity index (χ0v) is 13.1. The van der Waals surface area contributed by atoms with Crippen LogP contribution in [-0.4, -0.2) is 22.8 Å². The molecule has 2 aromatic rings. The molecule has 3 rings (SSSR count).